The van der Waals surface area contributed by atoms with E-state index in [0.717, 1.165) is 22.6 Å². The van der Waals surface area contributed by atoms with Crippen molar-refractivity contribution in [2.45, 2.75) is 37.9 Å². The molecule has 0 spiro atoms. The summed E-state index contributed by atoms with van der Waals surface area (Å²) in [5.74, 6) is 1.67. The molecule has 1 unspecified atom stereocenters. The van der Waals surface area contributed by atoms with E-state index in [-0.39, 0.29) is 18.5 Å². The molecule has 0 aromatic heterocycles. The van der Waals surface area contributed by atoms with Crippen LogP contribution >= 0.6 is 11.8 Å². The number of ketones is 1. The van der Waals surface area contributed by atoms with Gasteiger partial charge in [-0.15, -0.1) is 11.8 Å². The van der Waals surface area contributed by atoms with Crippen molar-refractivity contribution in [2.75, 3.05) is 12.4 Å². The molecule has 0 saturated carbocycles. The molecule has 146 valence electrons. The monoisotopic (exact) mass is 398 g/mol. The maximum Gasteiger partial charge on any atom is 0.416 e. The van der Waals surface area contributed by atoms with Gasteiger partial charge in [-0.1, -0.05) is 0 Å². The number of carbonyl (C=O) groups is 1. The molecule has 2 aromatic carbocycles. The number of halogens is 3. The summed E-state index contributed by atoms with van der Waals surface area (Å²) in [6.45, 7) is 5.28. The fourth-order valence-corrected chi connectivity index (χ4v) is 3.17. The molecule has 0 N–H and O–H groups in total. The van der Waals surface area contributed by atoms with E-state index in [9.17, 15) is 18.0 Å². The number of ether oxygens (including phenoxy) is 2. The van der Waals surface area contributed by atoms with Crippen molar-refractivity contribution in [3.05, 3.63) is 53.6 Å². The maximum absolute atomic E-state index is 12.6. The molecule has 2 aromatic rings. The van der Waals surface area contributed by atoms with Crippen molar-refractivity contribution in [3.8, 4) is 11.5 Å². The smallest absolute Gasteiger partial charge is 0.416 e. The predicted molar refractivity (Wildman–Crippen MR) is 99.6 cm³/mol. The highest BCUT2D eigenvalue weighted by molar-refractivity contribution is 7.99. The van der Waals surface area contributed by atoms with Crippen LogP contribution in [0, 0.1) is 6.92 Å². The minimum Gasteiger partial charge on any atom is -0.490 e. The fourth-order valence-electron chi connectivity index (χ4n) is 2.26. The summed E-state index contributed by atoms with van der Waals surface area (Å²) < 4.78 is 48.8. The molecule has 2 rings (SSSR count). The van der Waals surface area contributed by atoms with E-state index in [1.54, 1.807) is 11.8 Å². The molecule has 0 bridgehead atoms. The first-order valence-corrected chi connectivity index (χ1v) is 9.33. The van der Waals surface area contributed by atoms with Gasteiger partial charge in [0.1, 0.15) is 24.2 Å². The summed E-state index contributed by atoms with van der Waals surface area (Å²) in [7, 11) is 0. The summed E-state index contributed by atoms with van der Waals surface area (Å²) in [6.07, 6.45) is -4.53. The van der Waals surface area contributed by atoms with Crippen LogP contribution in [0.15, 0.2) is 47.4 Å². The molecule has 3 nitrogen and oxygen atoms in total. The topological polar surface area (TPSA) is 35.5 Å². The van der Waals surface area contributed by atoms with Crippen molar-refractivity contribution in [2.24, 2.45) is 0 Å². The number of hydrogen-bond acceptors (Lipinski definition) is 4. The zero-order valence-corrected chi connectivity index (χ0v) is 16.1. The van der Waals surface area contributed by atoms with Gasteiger partial charge in [-0.2, -0.15) is 13.2 Å². The van der Waals surface area contributed by atoms with Crippen molar-refractivity contribution < 1.29 is 27.4 Å². The average molecular weight is 398 g/mol. The summed E-state index contributed by atoms with van der Waals surface area (Å²) >= 11 is 1.57. The largest absolute Gasteiger partial charge is 0.490 e. The normalized spacial score (nSPS) is 12.5. The molecular weight excluding hydrogens is 377 g/mol. The quantitative estimate of drug-likeness (QED) is 0.547. The SMILES string of the molecule is CC(=O)COc1ccc(SCC(C)Oc2ccc(C(F)(F)F)cc2)cc1C. The number of carbonyl (C=O) groups excluding carboxylic acids is 1. The van der Waals surface area contributed by atoms with Crippen LogP contribution in [0.2, 0.25) is 0 Å². The predicted octanol–water partition coefficient (Wildman–Crippen LogP) is 5.54. The number of Topliss-reactive ketones (excluding diaryl/α,β-unsaturated/α-hetero) is 1. The number of alkyl halides is 3. The number of rotatable bonds is 8. The number of thioether (sulfide) groups is 1. The third kappa shape index (κ3) is 6.82. The minimum absolute atomic E-state index is 0.0397. The highest BCUT2D eigenvalue weighted by atomic mass is 32.2. The zero-order valence-electron chi connectivity index (χ0n) is 15.3. The lowest BCUT2D eigenvalue weighted by Crippen LogP contribution is -2.15. The van der Waals surface area contributed by atoms with Gasteiger partial charge in [-0.25, -0.2) is 0 Å². The molecule has 27 heavy (non-hydrogen) atoms. The minimum atomic E-state index is -4.35. The summed E-state index contributed by atoms with van der Waals surface area (Å²) in [6, 6.07) is 10.4. The third-order valence-corrected chi connectivity index (χ3v) is 4.80. The van der Waals surface area contributed by atoms with Crippen LogP contribution in [0.3, 0.4) is 0 Å². The van der Waals surface area contributed by atoms with Crippen LogP contribution in [0.4, 0.5) is 13.2 Å². The summed E-state index contributed by atoms with van der Waals surface area (Å²) in [5, 5.41) is 0. The second kappa shape index (κ2) is 9.17. The van der Waals surface area contributed by atoms with Crippen molar-refractivity contribution in [1.29, 1.82) is 0 Å². The van der Waals surface area contributed by atoms with E-state index in [1.807, 2.05) is 32.0 Å². The molecule has 7 heteroatoms. The van der Waals surface area contributed by atoms with Gasteiger partial charge in [-0.05, 0) is 68.8 Å². The van der Waals surface area contributed by atoms with Crippen molar-refractivity contribution >= 4 is 17.5 Å². The second-order valence-corrected chi connectivity index (χ2v) is 7.27. The van der Waals surface area contributed by atoms with Gasteiger partial charge in [0.15, 0.2) is 5.78 Å². The van der Waals surface area contributed by atoms with Gasteiger partial charge in [0.25, 0.3) is 0 Å². The van der Waals surface area contributed by atoms with E-state index in [0.29, 0.717) is 17.3 Å². The van der Waals surface area contributed by atoms with Crippen LogP contribution in [0.1, 0.15) is 25.0 Å². The molecule has 0 aliphatic carbocycles. The van der Waals surface area contributed by atoms with Gasteiger partial charge in [-0.3, -0.25) is 4.79 Å². The highest BCUT2D eigenvalue weighted by Gasteiger charge is 2.30. The number of hydrogen-bond donors (Lipinski definition) is 0. The molecule has 0 aliphatic rings. The van der Waals surface area contributed by atoms with E-state index in [2.05, 4.69) is 0 Å². The Kier molecular flexibility index (Phi) is 7.18. The summed E-state index contributed by atoms with van der Waals surface area (Å²) in [4.78, 5) is 12.0. The van der Waals surface area contributed by atoms with Crippen LogP contribution in [0.25, 0.3) is 0 Å². The molecule has 0 aliphatic heterocycles. The van der Waals surface area contributed by atoms with Crippen LogP contribution in [-0.2, 0) is 11.0 Å². The lowest BCUT2D eigenvalue weighted by molar-refractivity contribution is -0.137. The lowest BCUT2D eigenvalue weighted by atomic mass is 10.2. The highest BCUT2D eigenvalue weighted by Crippen LogP contribution is 2.31. The molecule has 0 amide bonds. The first-order valence-electron chi connectivity index (χ1n) is 8.35. The summed E-state index contributed by atoms with van der Waals surface area (Å²) in [5.41, 5.74) is 0.233. The Morgan fingerprint density at radius 2 is 1.81 bits per heavy atom. The Balaban J connectivity index is 1.87. The van der Waals surface area contributed by atoms with Gasteiger partial charge >= 0.3 is 6.18 Å². The van der Waals surface area contributed by atoms with E-state index < -0.39 is 11.7 Å². The maximum atomic E-state index is 12.6. The first-order chi connectivity index (χ1) is 12.6. The van der Waals surface area contributed by atoms with E-state index >= 15 is 0 Å². The lowest BCUT2D eigenvalue weighted by Gasteiger charge is -2.16. The van der Waals surface area contributed by atoms with Gasteiger partial charge < -0.3 is 9.47 Å². The second-order valence-electron chi connectivity index (χ2n) is 6.18. The zero-order chi connectivity index (χ0) is 20.0. The van der Waals surface area contributed by atoms with Crippen molar-refractivity contribution in [3.63, 3.8) is 0 Å². The standard InChI is InChI=1S/C20H21F3O3S/c1-13-10-18(8-9-19(13)25-11-14(2)24)27-12-15(3)26-17-6-4-16(5-7-17)20(21,22)23/h4-10,15H,11-12H2,1-3H3. The van der Waals surface area contributed by atoms with Gasteiger partial charge in [0, 0.05) is 10.6 Å². The average Bonchev–Trinajstić information content (AvgIpc) is 2.58. The Morgan fingerprint density at radius 1 is 1.15 bits per heavy atom. The van der Waals surface area contributed by atoms with Crippen molar-refractivity contribution in [1.82, 2.24) is 0 Å². The first kappa shape index (κ1) is 21.2. The number of benzene rings is 2. The van der Waals surface area contributed by atoms with Gasteiger partial charge in [0.2, 0.25) is 0 Å². The molecule has 0 saturated heterocycles. The van der Waals surface area contributed by atoms with E-state index in [1.165, 1.54) is 19.1 Å². The van der Waals surface area contributed by atoms with Crippen LogP contribution < -0.4 is 9.47 Å². The molecule has 1 atom stereocenters. The van der Waals surface area contributed by atoms with Crippen LogP contribution in [-0.4, -0.2) is 24.2 Å². The fraction of sp³-hybridized carbons (Fsp3) is 0.350. The molecule has 0 heterocycles. The molecule has 0 fully saturated rings. The van der Waals surface area contributed by atoms with Gasteiger partial charge in [0.05, 0.1) is 5.56 Å². The Labute approximate surface area is 160 Å². The van der Waals surface area contributed by atoms with Crippen LogP contribution in [0.5, 0.6) is 11.5 Å². The molecule has 0 radical (unpaired) electrons. The van der Waals surface area contributed by atoms with E-state index in [4.69, 9.17) is 9.47 Å². The Bertz CT molecular complexity index is 773. The Morgan fingerprint density at radius 3 is 2.37 bits per heavy atom. The number of aryl methyl sites for hydroxylation is 1. The Hall–Kier alpha value is -2.15. The molecular formula is C20H21F3O3S. The third-order valence-electron chi connectivity index (χ3n) is 3.58.